The summed E-state index contributed by atoms with van der Waals surface area (Å²) in [5.74, 6) is 0.115. The predicted octanol–water partition coefficient (Wildman–Crippen LogP) is 3.49. The number of carbonyl (C=O) groups is 1. The van der Waals surface area contributed by atoms with E-state index in [0.29, 0.717) is 0 Å². The van der Waals surface area contributed by atoms with Gasteiger partial charge in [-0.25, -0.2) is 4.39 Å². The van der Waals surface area contributed by atoms with Crippen LogP contribution in [0.3, 0.4) is 0 Å². The molecular weight excluding hydrogens is 291 g/mol. The van der Waals surface area contributed by atoms with E-state index in [2.05, 4.69) is 5.32 Å². The molecule has 0 saturated heterocycles. The zero-order valence-corrected chi connectivity index (χ0v) is 13.6. The Kier molecular flexibility index (Phi) is 5.31. The second-order valence-corrected chi connectivity index (χ2v) is 7.15. The van der Waals surface area contributed by atoms with Crippen molar-refractivity contribution in [2.24, 2.45) is 11.7 Å². The fourth-order valence-electron chi connectivity index (χ4n) is 4.16. The van der Waals surface area contributed by atoms with Crippen LogP contribution in [0.2, 0.25) is 0 Å². The van der Waals surface area contributed by atoms with Crippen LogP contribution in [0, 0.1) is 11.7 Å². The Morgan fingerprint density at radius 1 is 1.09 bits per heavy atom. The van der Waals surface area contributed by atoms with Crippen molar-refractivity contribution in [3.05, 3.63) is 35.6 Å². The molecule has 2 unspecified atom stereocenters. The zero-order valence-electron chi connectivity index (χ0n) is 13.6. The number of amides is 1. The summed E-state index contributed by atoms with van der Waals surface area (Å²) < 4.78 is 14.0. The second-order valence-electron chi connectivity index (χ2n) is 7.15. The maximum atomic E-state index is 14.0. The number of benzene rings is 1. The first kappa shape index (κ1) is 16.4. The lowest BCUT2D eigenvalue weighted by molar-refractivity contribution is -0.127. The van der Waals surface area contributed by atoms with Gasteiger partial charge in [0.15, 0.2) is 0 Å². The van der Waals surface area contributed by atoms with Crippen molar-refractivity contribution >= 4 is 5.91 Å². The van der Waals surface area contributed by atoms with Gasteiger partial charge in [0.2, 0.25) is 5.91 Å². The van der Waals surface area contributed by atoms with Crippen LogP contribution in [0.15, 0.2) is 24.3 Å². The molecule has 0 spiro atoms. The van der Waals surface area contributed by atoms with E-state index in [1.54, 1.807) is 6.07 Å². The first-order chi connectivity index (χ1) is 11.1. The molecule has 0 aromatic heterocycles. The van der Waals surface area contributed by atoms with Crippen LogP contribution in [0.4, 0.5) is 4.39 Å². The highest BCUT2D eigenvalue weighted by molar-refractivity contribution is 5.79. The molecule has 0 radical (unpaired) electrons. The summed E-state index contributed by atoms with van der Waals surface area (Å²) in [4.78, 5) is 12.6. The highest BCUT2D eigenvalue weighted by Crippen LogP contribution is 2.37. The van der Waals surface area contributed by atoms with E-state index >= 15 is 0 Å². The Morgan fingerprint density at radius 2 is 1.87 bits per heavy atom. The Bertz CT molecular complexity index is 548. The standard InChI is InChI=1S/C19H27FN2O/c20-16-9-2-1-8-15(16)13-6-5-7-14(12-13)19(23)22-18-11-4-3-10-17(18)21/h1-2,8-9,13-14,17-18H,3-7,10-12,21H2,(H,22,23)/t13-,14+,17?,18?/m0/s1. The average molecular weight is 318 g/mol. The van der Waals surface area contributed by atoms with E-state index in [0.717, 1.165) is 56.9 Å². The predicted molar refractivity (Wildman–Crippen MR) is 89.5 cm³/mol. The van der Waals surface area contributed by atoms with Gasteiger partial charge in [-0.3, -0.25) is 4.79 Å². The van der Waals surface area contributed by atoms with Crippen molar-refractivity contribution in [3.8, 4) is 0 Å². The van der Waals surface area contributed by atoms with Crippen LogP contribution in [0.1, 0.15) is 62.8 Å². The average Bonchev–Trinajstić information content (AvgIpc) is 2.57. The van der Waals surface area contributed by atoms with Gasteiger partial charge in [0.05, 0.1) is 0 Å². The number of rotatable bonds is 3. The van der Waals surface area contributed by atoms with E-state index in [-0.39, 0.29) is 35.6 Å². The first-order valence-corrected chi connectivity index (χ1v) is 8.95. The van der Waals surface area contributed by atoms with E-state index in [1.807, 2.05) is 12.1 Å². The molecule has 2 fully saturated rings. The van der Waals surface area contributed by atoms with Crippen molar-refractivity contribution in [1.29, 1.82) is 0 Å². The molecule has 0 bridgehead atoms. The summed E-state index contributed by atoms with van der Waals surface area (Å²) in [6.07, 6.45) is 7.87. The minimum absolute atomic E-state index is 0.0116. The monoisotopic (exact) mass is 318 g/mol. The number of hydrogen-bond acceptors (Lipinski definition) is 2. The molecule has 3 N–H and O–H groups in total. The Labute approximate surface area is 137 Å². The summed E-state index contributed by atoms with van der Waals surface area (Å²) >= 11 is 0. The minimum Gasteiger partial charge on any atom is -0.352 e. The number of nitrogens with two attached hydrogens (primary N) is 1. The molecule has 2 aliphatic carbocycles. The zero-order chi connectivity index (χ0) is 16.2. The molecule has 126 valence electrons. The van der Waals surface area contributed by atoms with E-state index in [9.17, 15) is 9.18 Å². The van der Waals surface area contributed by atoms with Gasteiger partial charge in [-0.1, -0.05) is 37.5 Å². The molecule has 3 rings (SSSR count). The SMILES string of the molecule is NC1CCCCC1NC(=O)[C@@H]1CCC[C@H](c2ccccc2F)C1. The van der Waals surface area contributed by atoms with Crippen LogP contribution < -0.4 is 11.1 Å². The van der Waals surface area contributed by atoms with Crippen LogP contribution in [0.5, 0.6) is 0 Å². The van der Waals surface area contributed by atoms with Crippen LogP contribution in [-0.2, 0) is 4.79 Å². The number of hydrogen-bond donors (Lipinski definition) is 2. The van der Waals surface area contributed by atoms with Gasteiger partial charge in [-0.05, 0) is 49.7 Å². The molecule has 4 heteroatoms. The third-order valence-corrected chi connectivity index (χ3v) is 5.54. The first-order valence-electron chi connectivity index (χ1n) is 8.95. The molecule has 23 heavy (non-hydrogen) atoms. The van der Waals surface area contributed by atoms with Crippen LogP contribution in [-0.4, -0.2) is 18.0 Å². The number of halogens is 1. The van der Waals surface area contributed by atoms with Gasteiger partial charge >= 0.3 is 0 Å². The molecule has 1 amide bonds. The maximum absolute atomic E-state index is 14.0. The lowest BCUT2D eigenvalue weighted by Crippen LogP contribution is -2.51. The molecule has 1 aromatic carbocycles. The Morgan fingerprint density at radius 3 is 2.65 bits per heavy atom. The smallest absolute Gasteiger partial charge is 0.223 e. The van der Waals surface area contributed by atoms with E-state index < -0.39 is 0 Å². The topological polar surface area (TPSA) is 55.1 Å². The summed E-state index contributed by atoms with van der Waals surface area (Å²) in [6, 6.07) is 7.17. The molecule has 0 aliphatic heterocycles. The molecular formula is C19H27FN2O. The van der Waals surface area contributed by atoms with Crippen molar-refractivity contribution in [2.45, 2.75) is 69.4 Å². The number of nitrogens with one attached hydrogen (secondary N) is 1. The summed E-state index contributed by atoms with van der Waals surface area (Å²) in [7, 11) is 0. The number of carbonyl (C=O) groups excluding carboxylic acids is 1. The Hall–Kier alpha value is -1.42. The van der Waals surface area contributed by atoms with Crippen LogP contribution in [0.25, 0.3) is 0 Å². The van der Waals surface area contributed by atoms with E-state index in [4.69, 9.17) is 5.73 Å². The molecule has 0 heterocycles. The molecule has 3 nitrogen and oxygen atoms in total. The molecule has 4 atom stereocenters. The fourth-order valence-corrected chi connectivity index (χ4v) is 4.16. The molecule has 1 aromatic rings. The quantitative estimate of drug-likeness (QED) is 0.896. The highest BCUT2D eigenvalue weighted by Gasteiger charge is 2.31. The van der Waals surface area contributed by atoms with Gasteiger partial charge < -0.3 is 11.1 Å². The van der Waals surface area contributed by atoms with Crippen molar-refractivity contribution in [3.63, 3.8) is 0 Å². The van der Waals surface area contributed by atoms with Crippen molar-refractivity contribution < 1.29 is 9.18 Å². The third kappa shape index (κ3) is 3.92. The molecule has 2 saturated carbocycles. The summed E-state index contributed by atoms with van der Waals surface area (Å²) in [5.41, 5.74) is 6.89. The van der Waals surface area contributed by atoms with Crippen molar-refractivity contribution in [1.82, 2.24) is 5.32 Å². The van der Waals surface area contributed by atoms with Gasteiger partial charge in [0.25, 0.3) is 0 Å². The van der Waals surface area contributed by atoms with Crippen molar-refractivity contribution in [2.75, 3.05) is 0 Å². The fraction of sp³-hybridized carbons (Fsp3) is 0.632. The summed E-state index contributed by atoms with van der Waals surface area (Å²) in [6.45, 7) is 0. The lowest BCUT2D eigenvalue weighted by atomic mass is 9.77. The highest BCUT2D eigenvalue weighted by atomic mass is 19.1. The van der Waals surface area contributed by atoms with Crippen LogP contribution >= 0.6 is 0 Å². The Balaban J connectivity index is 1.61. The van der Waals surface area contributed by atoms with Gasteiger partial charge in [-0.2, -0.15) is 0 Å². The van der Waals surface area contributed by atoms with Gasteiger partial charge in [0.1, 0.15) is 5.82 Å². The van der Waals surface area contributed by atoms with Gasteiger partial charge in [0, 0.05) is 18.0 Å². The third-order valence-electron chi connectivity index (χ3n) is 5.54. The normalized spacial score (nSPS) is 31.6. The largest absolute Gasteiger partial charge is 0.352 e. The summed E-state index contributed by atoms with van der Waals surface area (Å²) in [5, 5.41) is 3.17. The minimum atomic E-state index is -0.145. The molecule has 2 aliphatic rings. The lowest BCUT2D eigenvalue weighted by Gasteiger charge is -2.33. The van der Waals surface area contributed by atoms with Gasteiger partial charge in [-0.15, -0.1) is 0 Å². The maximum Gasteiger partial charge on any atom is 0.223 e. The second kappa shape index (κ2) is 7.43. The van der Waals surface area contributed by atoms with E-state index in [1.165, 1.54) is 6.07 Å².